The number of para-hydroxylation sites is 1. The van der Waals surface area contributed by atoms with Crippen LogP contribution in [0, 0.1) is 6.92 Å². The third-order valence-electron chi connectivity index (χ3n) is 5.59. The van der Waals surface area contributed by atoms with Crippen LogP contribution in [0.15, 0.2) is 41.4 Å². The lowest BCUT2D eigenvalue weighted by atomic mass is 9.88. The van der Waals surface area contributed by atoms with E-state index in [1.165, 1.54) is 16.8 Å². The lowest BCUT2D eigenvalue weighted by molar-refractivity contribution is 0.0854. The average molecular weight is 364 g/mol. The number of benzene rings is 2. The van der Waals surface area contributed by atoms with Gasteiger partial charge in [0.05, 0.1) is 5.36 Å². The largest absolute Gasteiger partial charge is 0.381 e. The Hall–Kier alpha value is -2.37. The molecule has 0 amide bonds. The molecule has 5 heteroatoms. The van der Waals surface area contributed by atoms with Crippen molar-refractivity contribution in [1.82, 2.24) is 0 Å². The molecule has 1 unspecified atom stereocenters. The summed E-state index contributed by atoms with van der Waals surface area (Å²) in [6, 6.07) is 12.6. The molecule has 27 heavy (non-hydrogen) atoms. The van der Waals surface area contributed by atoms with Crippen molar-refractivity contribution in [1.29, 1.82) is 0 Å². The summed E-state index contributed by atoms with van der Waals surface area (Å²) in [4.78, 5) is 8.98. The highest BCUT2D eigenvalue weighted by Crippen LogP contribution is 2.39. The minimum absolute atomic E-state index is 0.414. The Morgan fingerprint density at radius 1 is 1.11 bits per heavy atom. The number of anilines is 2. The molecule has 0 aliphatic carbocycles. The molecule has 0 bridgehead atoms. The number of nitrogens with two attached hydrogens (primary N) is 1. The van der Waals surface area contributed by atoms with Crippen LogP contribution in [-0.4, -0.2) is 33.6 Å². The molecule has 2 aliphatic rings. The van der Waals surface area contributed by atoms with Crippen molar-refractivity contribution in [3.8, 4) is 0 Å². The second-order valence-corrected chi connectivity index (χ2v) is 7.57. The SMILES string of the molecule is Cc1c(N2C=c3ccccc3=NC2N)ccc(C2CCOCC2)c1N(C)C. The molecular formula is C22H28N4O. The van der Waals surface area contributed by atoms with Crippen molar-refractivity contribution in [2.45, 2.75) is 32.0 Å². The van der Waals surface area contributed by atoms with Crippen LogP contribution >= 0.6 is 0 Å². The number of ether oxygens (including phenoxy) is 1. The molecule has 0 spiro atoms. The maximum Gasteiger partial charge on any atom is 0.178 e. The first-order chi connectivity index (χ1) is 13.1. The van der Waals surface area contributed by atoms with Crippen LogP contribution in [0.1, 0.15) is 29.9 Å². The Labute approximate surface area is 160 Å². The van der Waals surface area contributed by atoms with E-state index in [0.717, 1.165) is 42.3 Å². The predicted octanol–water partition coefficient (Wildman–Crippen LogP) is 2.08. The molecule has 2 N–H and O–H groups in total. The van der Waals surface area contributed by atoms with E-state index >= 15 is 0 Å². The second-order valence-electron chi connectivity index (χ2n) is 7.57. The number of hydrogen-bond acceptors (Lipinski definition) is 5. The van der Waals surface area contributed by atoms with Gasteiger partial charge in [0, 0.05) is 50.1 Å². The standard InChI is InChI=1S/C22H28N4O/c1-15-20(26-14-17-6-4-5-7-19(17)24-22(26)23)9-8-18(21(15)25(2)3)16-10-12-27-13-11-16/h4-9,14,16,22H,10-13,23H2,1-3H3. The molecule has 2 heterocycles. The van der Waals surface area contributed by atoms with Crippen LogP contribution in [0.25, 0.3) is 6.20 Å². The van der Waals surface area contributed by atoms with Crippen molar-refractivity contribution >= 4 is 17.6 Å². The summed E-state index contributed by atoms with van der Waals surface area (Å²) in [5.41, 5.74) is 11.5. The first-order valence-electron chi connectivity index (χ1n) is 9.63. The summed E-state index contributed by atoms with van der Waals surface area (Å²) >= 11 is 0. The molecule has 4 rings (SSSR count). The van der Waals surface area contributed by atoms with Gasteiger partial charge in [-0.15, -0.1) is 0 Å². The normalized spacial score (nSPS) is 19.9. The fourth-order valence-corrected chi connectivity index (χ4v) is 4.28. The number of fused-ring (bicyclic) bond motifs is 1. The van der Waals surface area contributed by atoms with Crippen LogP contribution in [0.2, 0.25) is 0 Å². The smallest absolute Gasteiger partial charge is 0.178 e. The molecule has 142 valence electrons. The van der Waals surface area contributed by atoms with Gasteiger partial charge in [0.15, 0.2) is 6.29 Å². The zero-order valence-corrected chi connectivity index (χ0v) is 16.4. The van der Waals surface area contributed by atoms with Gasteiger partial charge < -0.3 is 14.5 Å². The van der Waals surface area contributed by atoms with Crippen LogP contribution < -0.4 is 26.1 Å². The van der Waals surface area contributed by atoms with Gasteiger partial charge >= 0.3 is 0 Å². The monoisotopic (exact) mass is 364 g/mol. The Bertz CT molecular complexity index is 947. The molecule has 0 aromatic heterocycles. The number of nitrogens with zero attached hydrogens (tertiary/aromatic N) is 3. The Morgan fingerprint density at radius 2 is 1.85 bits per heavy atom. The lowest BCUT2D eigenvalue weighted by Crippen LogP contribution is -2.46. The zero-order chi connectivity index (χ0) is 19.0. The van der Waals surface area contributed by atoms with Gasteiger partial charge in [-0.2, -0.15) is 0 Å². The van der Waals surface area contributed by atoms with Crippen molar-refractivity contribution < 1.29 is 4.74 Å². The quantitative estimate of drug-likeness (QED) is 0.906. The molecule has 2 aromatic carbocycles. The summed E-state index contributed by atoms with van der Waals surface area (Å²) in [6.07, 6.45) is 3.86. The molecule has 5 nitrogen and oxygen atoms in total. The third-order valence-corrected chi connectivity index (χ3v) is 5.59. The van der Waals surface area contributed by atoms with Gasteiger partial charge in [0.1, 0.15) is 0 Å². The molecular weight excluding hydrogens is 336 g/mol. The predicted molar refractivity (Wildman–Crippen MR) is 110 cm³/mol. The Balaban J connectivity index is 1.80. The number of rotatable bonds is 3. The highest BCUT2D eigenvalue weighted by atomic mass is 16.5. The fraction of sp³-hybridized carbons (Fsp3) is 0.409. The minimum atomic E-state index is -0.414. The van der Waals surface area contributed by atoms with Gasteiger partial charge in [-0.05, 0) is 48.9 Å². The van der Waals surface area contributed by atoms with Gasteiger partial charge in [-0.25, -0.2) is 4.99 Å². The Kier molecular flexibility index (Phi) is 4.89. The molecule has 1 fully saturated rings. The first-order valence-corrected chi connectivity index (χ1v) is 9.63. The summed E-state index contributed by atoms with van der Waals surface area (Å²) < 4.78 is 5.56. The van der Waals surface area contributed by atoms with Gasteiger partial charge in [0.25, 0.3) is 0 Å². The Morgan fingerprint density at radius 3 is 2.59 bits per heavy atom. The van der Waals surface area contributed by atoms with E-state index in [-0.39, 0.29) is 0 Å². The van der Waals surface area contributed by atoms with E-state index < -0.39 is 6.29 Å². The van der Waals surface area contributed by atoms with Crippen LogP contribution in [-0.2, 0) is 4.74 Å². The van der Waals surface area contributed by atoms with E-state index in [2.05, 4.69) is 60.2 Å². The summed E-state index contributed by atoms with van der Waals surface area (Å²) in [5.74, 6) is 0.549. The van der Waals surface area contributed by atoms with E-state index in [1.54, 1.807) is 0 Å². The fourth-order valence-electron chi connectivity index (χ4n) is 4.28. The molecule has 1 saturated heterocycles. The lowest BCUT2D eigenvalue weighted by Gasteiger charge is -2.33. The van der Waals surface area contributed by atoms with Crippen molar-refractivity contribution in [3.63, 3.8) is 0 Å². The molecule has 1 atom stereocenters. The van der Waals surface area contributed by atoms with E-state index in [0.29, 0.717) is 5.92 Å². The average Bonchev–Trinajstić information content (AvgIpc) is 2.68. The number of hydrogen-bond donors (Lipinski definition) is 1. The van der Waals surface area contributed by atoms with Crippen molar-refractivity contribution in [2.75, 3.05) is 37.1 Å². The maximum atomic E-state index is 6.40. The van der Waals surface area contributed by atoms with Crippen molar-refractivity contribution in [3.05, 3.63) is 58.1 Å². The molecule has 0 radical (unpaired) electrons. The first kappa shape index (κ1) is 18.0. The molecule has 2 aliphatic heterocycles. The highest BCUT2D eigenvalue weighted by molar-refractivity contribution is 5.75. The summed E-state index contributed by atoms with van der Waals surface area (Å²) in [5, 5.41) is 2.05. The summed E-state index contributed by atoms with van der Waals surface area (Å²) in [7, 11) is 4.24. The van der Waals surface area contributed by atoms with Crippen LogP contribution in [0.3, 0.4) is 0 Å². The molecule has 0 saturated carbocycles. The van der Waals surface area contributed by atoms with E-state index in [4.69, 9.17) is 10.5 Å². The third kappa shape index (κ3) is 3.33. The van der Waals surface area contributed by atoms with E-state index in [9.17, 15) is 0 Å². The summed E-state index contributed by atoms with van der Waals surface area (Å²) in [6.45, 7) is 3.88. The van der Waals surface area contributed by atoms with E-state index in [1.807, 2.05) is 18.2 Å². The van der Waals surface area contributed by atoms with Crippen LogP contribution in [0.5, 0.6) is 0 Å². The highest BCUT2D eigenvalue weighted by Gasteiger charge is 2.25. The van der Waals surface area contributed by atoms with Gasteiger partial charge in [-0.1, -0.05) is 24.3 Å². The van der Waals surface area contributed by atoms with Crippen LogP contribution in [0.4, 0.5) is 11.4 Å². The van der Waals surface area contributed by atoms with Crippen molar-refractivity contribution in [2.24, 2.45) is 10.7 Å². The van der Waals surface area contributed by atoms with Gasteiger partial charge in [0.2, 0.25) is 0 Å². The second kappa shape index (κ2) is 7.33. The maximum absolute atomic E-state index is 6.40. The zero-order valence-electron chi connectivity index (χ0n) is 16.4. The minimum Gasteiger partial charge on any atom is -0.381 e. The topological polar surface area (TPSA) is 54.1 Å². The van der Waals surface area contributed by atoms with Gasteiger partial charge in [-0.3, -0.25) is 5.73 Å². The molecule has 2 aromatic rings.